The number of amides is 1. The molecule has 206 valence electrons. The van der Waals surface area contributed by atoms with Crippen LogP contribution < -0.4 is 20.5 Å². The van der Waals surface area contributed by atoms with E-state index in [-0.39, 0.29) is 18.7 Å². The summed E-state index contributed by atoms with van der Waals surface area (Å²) in [6.07, 6.45) is 0.987. The molecule has 3 aromatic rings. The van der Waals surface area contributed by atoms with Crippen LogP contribution in [0.15, 0.2) is 53.3 Å². The highest BCUT2D eigenvalue weighted by molar-refractivity contribution is 7.90. The molecule has 4 heterocycles. The monoisotopic (exact) mass is 556 g/mol. The molecule has 1 atom stereocenters. The van der Waals surface area contributed by atoms with Gasteiger partial charge in [0.1, 0.15) is 39.9 Å². The van der Waals surface area contributed by atoms with Crippen molar-refractivity contribution in [2.45, 2.75) is 25.5 Å². The van der Waals surface area contributed by atoms with Gasteiger partial charge in [0, 0.05) is 37.4 Å². The van der Waals surface area contributed by atoms with Gasteiger partial charge in [0.15, 0.2) is 0 Å². The Balaban J connectivity index is 1.24. The summed E-state index contributed by atoms with van der Waals surface area (Å²) in [5.74, 6) is 0.445. The number of nitrogens with zero attached hydrogens (tertiary/aromatic N) is 3. The zero-order valence-electron chi connectivity index (χ0n) is 21.5. The minimum atomic E-state index is -3.32. The molecule has 2 aliphatic heterocycles. The fourth-order valence-electron chi connectivity index (χ4n) is 4.81. The lowest BCUT2D eigenvalue weighted by Crippen LogP contribution is -2.32. The summed E-state index contributed by atoms with van der Waals surface area (Å²) in [6, 6.07) is 9.38. The van der Waals surface area contributed by atoms with Crippen LogP contribution >= 0.6 is 0 Å². The van der Waals surface area contributed by atoms with Crippen molar-refractivity contribution < 1.29 is 27.1 Å². The number of fused-ring (bicyclic) bond motifs is 2. The van der Waals surface area contributed by atoms with Gasteiger partial charge in [0.2, 0.25) is 0 Å². The predicted octanol–water partition coefficient (Wildman–Crippen LogP) is 2.23. The van der Waals surface area contributed by atoms with E-state index in [1.54, 1.807) is 24.3 Å². The van der Waals surface area contributed by atoms with E-state index >= 15 is 0 Å². The van der Waals surface area contributed by atoms with Crippen molar-refractivity contribution in [1.82, 2.24) is 14.9 Å². The van der Waals surface area contributed by atoms with Crippen molar-refractivity contribution in [3.8, 4) is 5.75 Å². The number of sulfone groups is 1. The summed E-state index contributed by atoms with van der Waals surface area (Å²) in [4.78, 5) is 31.1. The van der Waals surface area contributed by atoms with Crippen LogP contribution in [0.25, 0.3) is 10.9 Å². The summed E-state index contributed by atoms with van der Waals surface area (Å²) in [5, 5.41) is 3.85. The number of rotatable bonds is 9. The Morgan fingerprint density at radius 3 is 2.77 bits per heavy atom. The second kappa shape index (κ2) is 10.8. The fourth-order valence-corrected chi connectivity index (χ4v) is 5.32. The average molecular weight is 557 g/mol. The predicted molar refractivity (Wildman–Crippen MR) is 145 cm³/mol. The topological polar surface area (TPSA) is 120 Å². The Morgan fingerprint density at radius 2 is 1.97 bits per heavy atom. The number of anilines is 1. The van der Waals surface area contributed by atoms with Gasteiger partial charge in [-0.25, -0.2) is 22.6 Å². The normalized spacial score (nSPS) is 17.3. The standard InChI is InChI=1S/C27H29FN4O6S/c1-17-13-22-23(37-16-17)6-7-24(30-22)32-15-19(38-27(32)34)14-29-10-9-20-21(28)5-3-18-4-8-25(33)31(26(18)20)11-12-39(2,35)36/h3-8,19,29H,1,9-16H2,2H3/t19-/m0/s1. The first-order valence-corrected chi connectivity index (χ1v) is 14.6. The van der Waals surface area contributed by atoms with E-state index in [1.165, 1.54) is 21.6 Å². The van der Waals surface area contributed by atoms with Gasteiger partial charge < -0.3 is 19.4 Å². The molecule has 39 heavy (non-hydrogen) atoms. The van der Waals surface area contributed by atoms with Crippen molar-refractivity contribution in [1.29, 1.82) is 0 Å². The number of ether oxygens (including phenoxy) is 2. The molecule has 5 rings (SSSR count). The molecular formula is C27H29FN4O6S. The largest absolute Gasteiger partial charge is 0.487 e. The lowest BCUT2D eigenvalue weighted by atomic mass is 10.1. The van der Waals surface area contributed by atoms with Gasteiger partial charge in [-0.1, -0.05) is 6.58 Å². The Hall–Kier alpha value is -3.77. The summed E-state index contributed by atoms with van der Waals surface area (Å²) in [5.41, 5.74) is 1.95. The number of nitrogens with one attached hydrogen (secondary N) is 1. The van der Waals surface area contributed by atoms with Gasteiger partial charge in [-0.15, -0.1) is 0 Å². The van der Waals surface area contributed by atoms with Crippen LogP contribution in [0.3, 0.4) is 0 Å². The molecule has 0 spiro atoms. The molecule has 2 aliphatic rings. The van der Waals surface area contributed by atoms with Crippen LogP contribution in [0.4, 0.5) is 15.0 Å². The summed E-state index contributed by atoms with van der Waals surface area (Å²) >= 11 is 0. The van der Waals surface area contributed by atoms with Gasteiger partial charge in [0.05, 0.1) is 23.5 Å². The van der Waals surface area contributed by atoms with Crippen molar-refractivity contribution >= 4 is 32.7 Å². The van der Waals surface area contributed by atoms with Crippen LogP contribution in [0, 0.1) is 5.82 Å². The van der Waals surface area contributed by atoms with Crippen molar-refractivity contribution in [2.24, 2.45) is 0 Å². The van der Waals surface area contributed by atoms with Gasteiger partial charge in [-0.2, -0.15) is 0 Å². The molecule has 1 amide bonds. The van der Waals surface area contributed by atoms with Crippen molar-refractivity contribution in [2.75, 3.05) is 43.1 Å². The third-order valence-corrected chi connectivity index (χ3v) is 7.65. The number of benzene rings is 1. The molecule has 0 bridgehead atoms. The number of carbonyl (C=O) groups excluding carboxylic acids is 1. The van der Waals surface area contributed by atoms with E-state index in [2.05, 4.69) is 16.9 Å². The molecule has 1 fully saturated rings. The van der Waals surface area contributed by atoms with Gasteiger partial charge in [-0.3, -0.25) is 9.69 Å². The number of carbonyl (C=O) groups is 1. The fraction of sp³-hybridized carbons (Fsp3) is 0.370. The zero-order valence-corrected chi connectivity index (χ0v) is 22.3. The lowest BCUT2D eigenvalue weighted by Gasteiger charge is -2.20. The Kier molecular flexibility index (Phi) is 7.41. The van der Waals surface area contributed by atoms with Gasteiger partial charge in [0.25, 0.3) is 5.56 Å². The highest BCUT2D eigenvalue weighted by Crippen LogP contribution is 2.29. The van der Waals surface area contributed by atoms with Crippen LogP contribution in [-0.2, 0) is 34.0 Å². The van der Waals surface area contributed by atoms with Crippen molar-refractivity contribution in [3.63, 3.8) is 0 Å². The maximum atomic E-state index is 14.9. The highest BCUT2D eigenvalue weighted by atomic mass is 32.2. The first kappa shape index (κ1) is 26.8. The molecule has 1 saturated heterocycles. The summed E-state index contributed by atoms with van der Waals surface area (Å²) in [7, 11) is -3.32. The molecule has 2 aromatic heterocycles. The summed E-state index contributed by atoms with van der Waals surface area (Å²) < 4.78 is 50.7. The second-order valence-corrected chi connectivity index (χ2v) is 12.1. The SMILES string of the molecule is C=C1COc2ccc(N3C[C@H](CNCCc4c(F)ccc5ccc(=O)n(CCS(C)(=O)=O)c45)OC3=O)nc2C1. The van der Waals surface area contributed by atoms with E-state index in [1.807, 2.05) is 0 Å². The Morgan fingerprint density at radius 1 is 1.18 bits per heavy atom. The van der Waals surface area contributed by atoms with Crippen LogP contribution in [0.1, 0.15) is 11.3 Å². The van der Waals surface area contributed by atoms with E-state index in [4.69, 9.17) is 9.47 Å². The lowest BCUT2D eigenvalue weighted by molar-refractivity contribution is 0.140. The summed E-state index contributed by atoms with van der Waals surface area (Å²) in [6.45, 7) is 5.30. The van der Waals surface area contributed by atoms with Gasteiger partial charge in [-0.05, 0) is 54.3 Å². The zero-order chi connectivity index (χ0) is 27.7. The number of pyridine rings is 2. The molecule has 12 heteroatoms. The van der Waals surface area contributed by atoms with Crippen molar-refractivity contribution in [3.05, 3.63) is 76.0 Å². The quantitative estimate of drug-likeness (QED) is 0.315. The van der Waals surface area contributed by atoms with E-state index in [0.29, 0.717) is 60.7 Å². The van der Waals surface area contributed by atoms with E-state index in [0.717, 1.165) is 17.5 Å². The van der Waals surface area contributed by atoms with E-state index in [9.17, 15) is 22.4 Å². The maximum absolute atomic E-state index is 14.9. The highest BCUT2D eigenvalue weighted by Gasteiger charge is 2.33. The number of aryl methyl sites for hydroxylation is 1. The third kappa shape index (κ3) is 5.96. The minimum absolute atomic E-state index is 0.0658. The third-order valence-electron chi connectivity index (χ3n) is 6.73. The Labute approximate surface area is 225 Å². The number of hydrogen-bond donors (Lipinski definition) is 1. The number of hydrogen-bond acceptors (Lipinski definition) is 8. The first-order valence-electron chi connectivity index (χ1n) is 12.6. The molecule has 1 N–H and O–H groups in total. The van der Waals surface area contributed by atoms with E-state index < -0.39 is 33.4 Å². The maximum Gasteiger partial charge on any atom is 0.415 e. The van der Waals surface area contributed by atoms with Gasteiger partial charge >= 0.3 is 6.09 Å². The molecule has 0 radical (unpaired) electrons. The number of cyclic esters (lactones) is 1. The number of aromatic nitrogens is 2. The second-order valence-electron chi connectivity index (χ2n) is 9.82. The molecular weight excluding hydrogens is 527 g/mol. The molecule has 0 saturated carbocycles. The average Bonchev–Trinajstić information content (AvgIpc) is 3.26. The molecule has 0 unspecified atom stereocenters. The van der Waals surface area contributed by atoms with Crippen LogP contribution in [0.2, 0.25) is 0 Å². The minimum Gasteiger partial charge on any atom is -0.487 e. The smallest absolute Gasteiger partial charge is 0.415 e. The molecule has 10 nitrogen and oxygen atoms in total. The Bertz CT molecular complexity index is 1620. The van der Waals surface area contributed by atoms with Crippen LogP contribution in [-0.4, -0.2) is 68.4 Å². The molecule has 1 aromatic carbocycles. The number of halogens is 1. The van der Waals surface area contributed by atoms with Crippen LogP contribution in [0.5, 0.6) is 5.75 Å². The molecule has 0 aliphatic carbocycles. The first-order chi connectivity index (χ1) is 18.6.